The van der Waals surface area contributed by atoms with Gasteiger partial charge in [0.1, 0.15) is 23.2 Å². The quantitative estimate of drug-likeness (QED) is 0.656. The number of aromatic nitrogens is 2. The zero-order chi connectivity index (χ0) is 22.9. The van der Waals surface area contributed by atoms with Crippen LogP contribution in [-0.2, 0) is 6.42 Å². The molecule has 1 saturated heterocycles. The number of rotatable bonds is 5. The number of halogens is 1. The summed E-state index contributed by atoms with van der Waals surface area (Å²) in [5.74, 6) is 3.07. The van der Waals surface area contributed by atoms with Gasteiger partial charge in [0.05, 0.1) is 11.6 Å². The molecular formula is C25H28ClN5O2. The number of hydrogen-bond donors (Lipinski definition) is 2. The maximum atomic E-state index is 9.48. The van der Waals surface area contributed by atoms with Gasteiger partial charge in [-0.25, -0.2) is 0 Å². The van der Waals surface area contributed by atoms with Gasteiger partial charge in [0, 0.05) is 31.3 Å². The van der Waals surface area contributed by atoms with Crippen LogP contribution in [0.5, 0.6) is 11.8 Å². The summed E-state index contributed by atoms with van der Waals surface area (Å²) in [7, 11) is 0. The molecule has 7 nitrogen and oxygen atoms in total. The molecule has 172 valence electrons. The molecule has 0 amide bonds. The van der Waals surface area contributed by atoms with Gasteiger partial charge >= 0.3 is 6.01 Å². The molecule has 33 heavy (non-hydrogen) atoms. The van der Waals surface area contributed by atoms with Gasteiger partial charge in [-0.3, -0.25) is 4.99 Å². The average Bonchev–Trinajstić information content (AvgIpc) is 3.40. The van der Waals surface area contributed by atoms with E-state index in [1.807, 2.05) is 24.3 Å². The molecular weight excluding hydrogens is 438 g/mol. The highest BCUT2D eigenvalue weighted by Gasteiger charge is 2.22. The summed E-state index contributed by atoms with van der Waals surface area (Å²) in [6, 6.07) is 6.09. The lowest BCUT2D eigenvalue weighted by molar-refractivity contribution is 0.202. The highest BCUT2D eigenvalue weighted by Crippen LogP contribution is 2.39. The Balaban J connectivity index is 1.45. The third kappa shape index (κ3) is 4.75. The number of aliphatic imine (C=N–C) groups is 1. The summed E-state index contributed by atoms with van der Waals surface area (Å²) >= 11 is 6.68. The van der Waals surface area contributed by atoms with Crippen molar-refractivity contribution in [2.45, 2.75) is 33.1 Å². The Bertz CT molecular complexity index is 1170. The number of piperidine rings is 1. The Morgan fingerprint density at radius 2 is 1.97 bits per heavy atom. The number of fused-ring (bicyclic) bond motifs is 1. The molecule has 2 N–H and O–H groups in total. The van der Waals surface area contributed by atoms with E-state index >= 15 is 0 Å². The number of ether oxygens (including phenoxy) is 1. The lowest BCUT2D eigenvalue weighted by Crippen LogP contribution is -2.35. The summed E-state index contributed by atoms with van der Waals surface area (Å²) in [4.78, 5) is 16.0. The van der Waals surface area contributed by atoms with Crippen molar-refractivity contribution in [3.05, 3.63) is 51.6 Å². The van der Waals surface area contributed by atoms with Crippen LogP contribution in [0.3, 0.4) is 0 Å². The fourth-order valence-electron chi connectivity index (χ4n) is 4.47. The van der Waals surface area contributed by atoms with Gasteiger partial charge in [-0.1, -0.05) is 29.3 Å². The molecule has 0 radical (unpaired) electrons. The second kappa shape index (κ2) is 9.15. The first kappa shape index (κ1) is 21.9. The number of nitrogens with zero attached hydrogens (tertiary/aromatic N) is 4. The monoisotopic (exact) mass is 465 g/mol. The average molecular weight is 466 g/mol. The molecule has 1 aromatic heterocycles. The molecule has 0 bridgehead atoms. The minimum absolute atomic E-state index is 0.231. The molecule has 2 aliphatic heterocycles. The molecule has 0 atom stereocenters. The Labute approximate surface area is 198 Å². The normalized spacial score (nSPS) is 18.1. The smallest absolute Gasteiger partial charge is 0.325 e. The van der Waals surface area contributed by atoms with Crippen molar-refractivity contribution in [3.63, 3.8) is 0 Å². The predicted octanol–water partition coefficient (Wildman–Crippen LogP) is 4.86. The van der Waals surface area contributed by atoms with Crippen LogP contribution < -0.4 is 15.0 Å². The van der Waals surface area contributed by atoms with Gasteiger partial charge in [0.2, 0.25) is 0 Å². The molecule has 0 unspecified atom stereocenters. The molecule has 0 spiro atoms. The topological polar surface area (TPSA) is 82.9 Å². The van der Waals surface area contributed by atoms with Crippen LogP contribution in [0.25, 0.3) is 6.08 Å². The lowest BCUT2D eigenvalue weighted by atomic mass is 9.98. The molecule has 1 aliphatic carbocycles. The van der Waals surface area contributed by atoms with Crippen LogP contribution in [0.1, 0.15) is 37.8 Å². The van der Waals surface area contributed by atoms with E-state index in [9.17, 15) is 5.11 Å². The van der Waals surface area contributed by atoms with E-state index in [1.54, 1.807) is 0 Å². The Morgan fingerprint density at radius 3 is 2.70 bits per heavy atom. The third-order valence-corrected chi connectivity index (χ3v) is 6.71. The summed E-state index contributed by atoms with van der Waals surface area (Å²) in [6.45, 7) is 6.72. The first-order valence-corrected chi connectivity index (χ1v) is 11.8. The summed E-state index contributed by atoms with van der Waals surface area (Å²) in [5, 5.41) is 13.4. The molecule has 3 heterocycles. The fraction of sp³-hybridized carbons (Fsp3) is 0.400. The van der Waals surface area contributed by atoms with Crippen LogP contribution in [0, 0.1) is 5.92 Å². The van der Waals surface area contributed by atoms with Gasteiger partial charge in [0.25, 0.3) is 0 Å². The Morgan fingerprint density at radius 1 is 1.15 bits per heavy atom. The summed E-state index contributed by atoms with van der Waals surface area (Å²) in [5.41, 5.74) is 4.69. The van der Waals surface area contributed by atoms with Crippen molar-refractivity contribution < 1.29 is 9.84 Å². The number of allylic oxidation sites excluding steroid dienone is 1. The lowest BCUT2D eigenvalue weighted by Gasteiger charge is -2.32. The van der Waals surface area contributed by atoms with Gasteiger partial charge in [-0.05, 0) is 62.3 Å². The van der Waals surface area contributed by atoms with E-state index in [0.29, 0.717) is 29.1 Å². The van der Waals surface area contributed by atoms with E-state index in [0.717, 1.165) is 49.6 Å². The SMILES string of the molecule is CC1=CC(Nc2cc(N3CCC(CO)CC3)nc(Oc3ccc4c(c3Cl)C=C(C)C4)n2)=NC1. The van der Waals surface area contributed by atoms with Crippen molar-refractivity contribution in [3.8, 4) is 11.8 Å². The van der Waals surface area contributed by atoms with Crippen LogP contribution >= 0.6 is 11.6 Å². The molecule has 1 aromatic carbocycles. The van der Waals surface area contributed by atoms with Gasteiger partial charge in [-0.2, -0.15) is 9.97 Å². The zero-order valence-electron chi connectivity index (χ0n) is 18.9. The molecule has 1 fully saturated rings. The second-order valence-electron chi connectivity index (χ2n) is 9.04. The first-order valence-electron chi connectivity index (χ1n) is 11.4. The fourth-order valence-corrected chi connectivity index (χ4v) is 4.75. The molecule has 8 heteroatoms. The van der Waals surface area contributed by atoms with E-state index in [2.05, 4.69) is 40.1 Å². The number of benzene rings is 1. The van der Waals surface area contributed by atoms with E-state index < -0.39 is 0 Å². The van der Waals surface area contributed by atoms with E-state index in [-0.39, 0.29) is 12.6 Å². The zero-order valence-corrected chi connectivity index (χ0v) is 19.7. The third-order valence-electron chi connectivity index (χ3n) is 6.32. The van der Waals surface area contributed by atoms with Crippen LogP contribution in [-0.4, -0.2) is 47.2 Å². The molecule has 0 saturated carbocycles. The number of hydrogen-bond acceptors (Lipinski definition) is 7. The maximum absolute atomic E-state index is 9.48. The minimum atomic E-state index is 0.231. The molecule has 2 aromatic rings. The largest absolute Gasteiger partial charge is 0.423 e. The van der Waals surface area contributed by atoms with Gasteiger partial charge < -0.3 is 20.1 Å². The van der Waals surface area contributed by atoms with Crippen LogP contribution in [0.4, 0.5) is 11.6 Å². The summed E-state index contributed by atoms with van der Waals surface area (Å²) in [6.07, 6.45) is 6.88. The number of aliphatic hydroxyl groups excluding tert-OH is 1. The molecule has 5 rings (SSSR count). The maximum Gasteiger partial charge on any atom is 0.325 e. The first-order chi connectivity index (χ1) is 16.0. The standard InChI is InChI=1S/C25H28ClN5O2/c1-15-9-18-3-4-20(24(26)19(18)10-15)33-25-29-22(28-21-11-16(2)13-27-21)12-23(30-25)31-7-5-17(14-32)6-8-31/h3-4,10-12,17,32H,5-9,13-14H2,1-2H3,(H,27,28,29,30). The van der Waals surface area contributed by atoms with Crippen molar-refractivity contribution in [1.82, 2.24) is 9.97 Å². The Kier molecular flexibility index (Phi) is 6.08. The van der Waals surface area contributed by atoms with Gasteiger partial charge in [0.15, 0.2) is 0 Å². The van der Waals surface area contributed by atoms with Crippen molar-refractivity contribution in [1.29, 1.82) is 0 Å². The number of amidine groups is 1. The second-order valence-corrected chi connectivity index (χ2v) is 9.42. The Hall–Kier alpha value is -2.90. The minimum Gasteiger partial charge on any atom is -0.423 e. The van der Waals surface area contributed by atoms with Crippen LogP contribution in [0.15, 0.2) is 40.4 Å². The predicted molar refractivity (Wildman–Crippen MR) is 133 cm³/mol. The molecule has 3 aliphatic rings. The van der Waals surface area contributed by atoms with E-state index in [4.69, 9.17) is 21.3 Å². The number of aliphatic hydroxyl groups is 1. The highest BCUT2D eigenvalue weighted by molar-refractivity contribution is 6.33. The van der Waals surface area contributed by atoms with Crippen molar-refractivity contribution in [2.75, 3.05) is 36.5 Å². The van der Waals surface area contributed by atoms with Crippen molar-refractivity contribution >= 4 is 35.1 Å². The number of nitrogens with one attached hydrogen (secondary N) is 1. The van der Waals surface area contributed by atoms with E-state index in [1.165, 1.54) is 16.7 Å². The highest BCUT2D eigenvalue weighted by atomic mass is 35.5. The van der Waals surface area contributed by atoms with Crippen molar-refractivity contribution in [2.24, 2.45) is 10.9 Å². The summed E-state index contributed by atoms with van der Waals surface area (Å²) < 4.78 is 6.12. The number of anilines is 2. The van der Waals surface area contributed by atoms with Gasteiger partial charge in [-0.15, -0.1) is 0 Å². The van der Waals surface area contributed by atoms with Crippen LogP contribution in [0.2, 0.25) is 5.02 Å².